The molecule has 0 spiro atoms. The van der Waals surface area contributed by atoms with Crippen LogP contribution in [0.3, 0.4) is 0 Å². The Morgan fingerprint density at radius 1 is 0.744 bits per heavy atom. The lowest BCUT2D eigenvalue weighted by Gasteiger charge is -2.07. The summed E-state index contributed by atoms with van der Waals surface area (Å²) in [5, 5.41) is 26.7. The zero-order chi connectivity index (χ0) is 31.3. The van der Waals surface area contributed by atoms with Crippen LogP contribution in [0.15, 0.2) is 52.0 Å². The second-order valence-electron chi connectivity index (χ2n) is 11.2. The molecule has 0 saturated heterocycles. The van der Waals surface area contributed by atoms with Crippen LogP contribution in [-0.4, -0.2) is 49.5 Å². The number of unbranched alkanes of at least 4 members (excludes halogenated alkanes) is 15. The molecule has 3 rings (SSSR count). The van der Waals surface area contributed by atoms with Crippen LogP contribution in [0.25, 0.3) is 0 Å². The molecule has 0 saturated carbocycles. The van der Waals surface area contributed by atoms with Crippen molar-refractivity contribution in [1.29, 1.82) is 0 Å². The number of carbonyl (C=O) groups is 1. The predicted molar refractivity (Wildman–Crippen MR) is 171 cm³/mol. The number of aliphatic hydroxyl groups excluding tert-OH is 1. The average Bonchev–Trinajstić information content (AvgIpc) is 3.41. The van der Waals surface area contributed by atoms with E-state index in [1.807, 2.05) is 6.92 Å². The lowest BCUT2D eigenvalue weighted by Crippen LogP contribution is -1.98. The van der Waals surface area contributed by atoms with E-state index >= 15 is 0 Å². The number of rotatable bonds is 23. The van der Waals surface area contributed by atoms with Gasteiger partial charge in [0.1, 0.15) is 27.7 Å². The lowest BCUT2D eigenvalue weighted by atomic mass is 10.0. The molecule has 8 nitrogen and oxygen atoms in total. The molecule has 0 unspecified atom stereocenters. The summed E-state index contributed by atoms with van der Waals surface area (Å²) in [4.78, 5) is 11.3. The first-order valence-electron chi connectivity index (χ1n) is 16.1. The van der Waals surface area contributed by atoms with Gasteiger partial charge in [0, 0.05) is 18.7 Å². The summed E-state index contributed by atoms with van der Waals surface area (Å²) in [6.07, 6.45) is 26.1. The third-order valence-corrected chi connectivity index (χ3v) is 9.29. The molecule has 2 aliphatic heterocycles. The zero-order valence-corrected chi connectivity index (χ0v) is 26.7. The highest BCUT2D eigenvalue weighted by Crippen LogP contribution is 2.37. The zero-order valence-electron chi connectivity index (χ0n) is 25.9. The molecule has 2 aliphatic rings. The summed E-state index contributed by atoms with van der Waals surface area (Å²) in [6, 6.07) is 4.15. The quantitative estimate of drug-likeness (QED) is 0.104. The Bertz CT molecular complexity index is 1170. The Morgan fingerprint density at radius 2 is 1.28 bits per heavy atom. The highest BCUT2D eigenvalue weighted by atomic mass is 32.2. The van der Waals surface area contributed by atoms with Gasteiger partial charge in [-0.3, -0.25) is 0 Å². The Kier molecular flexibility index (Phi) is 17.8. The van der Waals surface area contributed by atoms with E-state index in [1.165, 1.54) is 102 Å². The van der Waals surface area contributed by atoms with Crippen LogP contribution in [0.5, 0.6) is 11.5 Å². The fourth-order valence-corrected chi connectivity index (χ4v) is 6.38. The smallest absolute Gasteiger partial charge is 0.339 e. The molecular formula is C34H52O8S. The maximum absolute atomic E-state index is 11.9. The molecule has 0 amide bonds. The number of carboxylic acid groups (broad SMARTS) is 1. The van der Waals surface area contributed by atoms with Crippen molar-refractivity contribution in [2.75, 3.05) is 19.8 Å². The van der Waals surface area contributed by atoms with Crippen molar-refractivity contribution in [1.82, 2.24) is 0 Å². The third kappa shape index (κ3) is 13.6. The number of carboxylic acids is 1. The molecule has 9 heteroatoms. The first-order valence-corrected chi connectivity index (χ1v) is 17.6. The fraction of sp³-hybridized carbons (Fsp3) is 0.618. The standard InChI is InChI=1S/C24H40O4S.C10H12O4/c25-19-15-13-11-9-7-5-3-1-2-4-6-8-10-12-14-16-20-28-23-21-22-17-18-24(23)29(22,26)27;1-2-5-14-7-3-4-8(10(12)13)9(11)6-7/h17-18,21,25H,1-16,19-20H2;3-4,6,11H,2,5H2,1H3,(H,12,13). The van der Waals surface area contributed by atoms with E-state index in [0.29, 0.717) is 41.1 Å². The number of allylic oxidation sites excluding steroid dienone is 3. The van der Waals surface area contributed by atoms with Crippen molar-refractivity contribution >= 4 is 15.8 Å². The number of benzene rings is 1. The Hall–Kier alpha value is -2.78. The van der Waals surface area contributed by atoms with E-state index in [9.17, 15) is 18.3 Å². The first-order chi connectivity index (χ1) is 20.8. The normalized spacial score (nSPS) is 14.4. The van der Waals surface area contributed by atoms with Crippen molar-refractivity contribution in [3.63, 3.8) is 0 Å². The molecule has 2 heterocycles. The van der Waals surface area contributed by atoms with Gasteiger partial charge < -0.3 is 24.8 Å². The predicted octanol–water partition coefficient (Wildman–Crippen LogP) is 8.21. The molecule has 0 atom stereocenters. The number of aromatic hydroxyl groups is 1. The van der Waals surface area contributed by atoms with Crippen molar-refractivity contribution in [2.24, 2.45) is 0 Å². The average molecular weight is 621 g/mol. The van der Waals surface area contributed by atoms with Gasteiger partial charge in [0.2, 0.25) is 9.84 Å². The second-order valence-corrected chi connectivity index (χ2v) is 13.1. The molecule has 3 N–H and O–H groups in total. The van der Waals surface area contributed by atoms with Gasteiger partial charge in [-0.1, -0.05) is 96.8 Å². The number of ether oxygens (including phenoxy) is 2. The first kappa shape index (κ1) is 36.4. The van der Waals surface area contributed by atoms with Crippen LogP contribution in [0.2, 0.25) is 0 Å². The molecule has 1 aromatic carbocycles. The van der Waals surface area contributed by atoms with Crippen molar-refractivity contribution in [3.05, 3.63) is 57.6 Å². The summed E-state index contributed by atoms with van der Waals surface area (Å²) in [7, 11) is -3.22. The van der Waals surface area contributed by atoms with E-state index in [1.54, 1.807) is 18.2 Å². The topological polar surface area (TPSA) is 130 Å². The molecule has 1 aromatic rings. The maximum Gasteiger partial charge on any atom is 0.339 e. The molecule has 0 fully saturated rings. The molecule has 43 heavy (non-hydrogen) atoms. The Labute approximate surface area is 258 Å². The van der Waals surface area contributed by atoms with Gasteiger partial charge in [-0.2, -0.15) is 0 Å². The van der Waals surface area contributed by atoms with Crippen LogP contribution in [0.4, 0.5) is 0 Å². The second kappa shape index (κ2) is 21.0. The van der Waals surface area contributed by atoms with Gasteiger partial charge in [0.05, 0.1) is 18.1 Å². The number of aliphatic hydroxyl groups is 1. The minimum atomic E-state index is -3.22. The van der Waals surface area contributed by atoms with Crippen LogP contribution >= 0.6 is 0 Å². The summed E-state index contributed by atoms with van der Waals surface area (Å²) >= 11 is 0. The van der Waals surface area contributed by atoms with Crippen LogP contribution < -0.4 is 4.74 Å². The number of fused-ring (bicyclic) bond motifs is 2. The molecule has 0 aromatic heterocycles. The van der Waals surface area contributed by atoms with Crippen LogP contribution in [-0.2, 0) is 14.6 Å². The Morgan fingerprint density at radius 3 is 1.70 bits per heavy atom. The highest BCUT2D eigenvalue weighted by Gasteiger charge is 2.35. The SMILES string of the molecule is CCCOc1ccc(C(=O)O)c(O)c1.O=S1(=O)C2=CC(OCCCCCCCCCCCCCCCCCCO)=C1C=C2. The monoisotopic (exact) mass is 620 g/mol. The molecular weight excluding hydrogens is 568 g/mol. The Balaban J connectivity index is 0.000000385. The van der Waals surface area contributed by atoms with Gasteiger partial charge in [0.15, 0.2) is 0 Å². The van der Waals surface area contributed by atoms with E-state index < -0.39 is 15.8 Å². The minimum Gasteiger partial charge on any atom is -0.507 e. The maximum atomic E-state index is 11.9. The molecule has 0 aliphatic carbocycles. The van der Waals surface area contributed by atoms with E-state index in [2.05, 4.69) is 0 Å². The van der Waals surface area contributed by atoms with E-state index in [0.717, 1.165) is 25.7 Å². The van der Waals surface area contributed by atoms with Gasteiger partial charge in [-0.25, -0.2) is 13.2 Å². The van der Waals surface area contributed by atoms with E-state index in [-0.39, 0.29) is 11.3 Å². The van der Waals surface area contributed by atoms with Crippen molar-refractivity contribution in [3.8, 4) is 11.5 Å². The van der Waals surface area contributed by atoms with Gasteiger partial charge >= 0.3 is 5.97 Å². The number of hydrogen-bond acceptors (Lipinski definition) is 7. The largest absolute Gasteiger partial charge is 0.507 e. The number of phenols is 1. The number of hydrogen-bond donors (Lipinski definition) is 3. The minimum absolute atomic E-state index is 0.117. The third-order valence-electron chi connectivity index (χ3n) is 7.50. The summed E-state index contributed by atoms with van der Waals surface area (Å²) in [6.45, 7) is 3.46. The van der Waals surface area contributed by atoms with E-state index in [4.69, 9.17) is 19.7 Å². The van der Waals surface area contributed by atoms with Gasteiger partial charge in [-0.15, -0.1) is 0 Å². The summed E-state index contributed by atoms with van der Waals surface area (Å²) in [5.41, 5.74) is -0.117. The number of aromatic carboxylic acids is 1. The molecule has 2 bridgehead atoms. The summed E-state index contributed by atoms with van der Waals surface area (Å²) in [5.74, 6) is -0.408. The van der Waals surface area contributed by atoms with Crippen LogP contribution in [0, 0.1) is 0 Å². The fourth-order valence-electron chi connectivity index (χ4n) is 4.99. The van der Waals surface area contributed by atoms with Gasteiger partial charge in [-0.05, 0) is 43.5 Å². The summed E-state index contributed by atoms with van der Waals surface area (Å²) < 4.78 is 34.6. The van der Waals surface area contributed by atoms with Crippen molar-refractivity contribution < 1.29 is 38.0 Å². The molecule has 242 valence electrons. The molecule has 0 radical (unpaired) electrons. The van der Waals surface area contributed by atoms with Gasteiger partial charge in [0.25, 0.3) is 0 Å². The van der Waals surface area contributed by atoms with Crippen LogP contribution in [0.1, 0.15) is 126 Å². The van der Waals surface area contributed by atoms with Crippen molar-refractivity contribution in [2.45, 2.75) is 116 Å². The highest BCUT2D eigenvalue weighted by molar-refractivity contribution is 8.00. The number of sulfone groups is 1. The lowest BCUT2D eigenvalue weighted by molar-refractivity contribution is 0.0693.